The van der Waals surface area contributed by atoms with E-state index in [1.165, 1.54) is 18.4 Å². The highest BCUT2D eigenvalue weighted by atomic mass is 16.5. The van der Waals surface area contributed by atoms with Gasteiger partial charge in [-0.15, -0.1) is 0 Å². The Kier molecular flexibility index (Phi) is 4.88. The van der Waals surface area contributed by atoms with E-state index in [2.05, 4.69) is 11.4 Å². The Labute approximate surface area is 109 Å². The van der Waals surface area contributed by atoms with Crippen molar-refractivity contribution in [1.29, 1.82) is 0 Å². The monoisotopic (exact) mass is 249 g/mol. The van der Waals surface area contributed by atoms with Gasteiger partial charge in [0.1, 0.15) is 0 Å². The molecular weight excluding hydrogens is 226 g/mol. The van der Waals surface area contributed by atoms with Crippen LogP contribution in [0.25, 0.3) is 0 Å². The summed E-state index contributed by atoms with van der Waals surface area (Å²) < 4.78 is 11.1. The van der Waals surface area contributed by atoms with Crippen LogP contribution >= 0.6 is 0 Å². The van der Waals surface area contributed by atoms with Crippen LogP contribution in [-0.4, -0.2) is 26.8 Å². The van der Waals surface area contributed by atoms with Gasteiger partial charge in [0, 0.05) is 0 Å². The molecular formula is C15H23NO2. The average molecular weight is 249 g/mol. The molecule has 0 radical (unpaired) electrons. The second-order valence-corrected chi connectivity index (χ2v) is 4.80. The van der Waals surface area contributed by atoms with Crippen molar-refractivity contribution in [2.75, 3.05) is 26.8 Å². The number of rotatable bonds is 5. The summed E-state index contributed by atoms with van der Waals surface area (Å²) in [4.78, 5) is 0. The fourth-order valence-corrected chi connectivity index (χ4v) is 2.60. The molecule has 1 aliphatic rings. The minimum absolute atomic E-state index is 0.677. The number of methoxy groups -OCH3 is 1. The normalized spacial score (nSPS) is 19.6. The Morgan fingerprint density at radius 3 is 2.94 bits per heavy atom. The van der Waals surface area contributed by atoms with Crippen LogP contribution in [0.4, 0.5) is 0 Å². The number of nitrogens with one attached hydrogen (secondary N) is 1. The number of para-hydroxylation sites is 1. The van der Waals surface area contributed by atoms with Crippen molar-refractivity contribution in [3.05, 3.63) is 23.8 Å². The van der Waals surface area contributed by atoms with Gasteiger partial charge in [0.25, 0.3) is 0 Å². The van der Waals surface area contributed by atoms with Crippen molar-refractivity contribution in [2.45, 2.75) is 26.2 Å². The minimum atomic E-state index is 0.677. The van der Waals surface area contributed by atoms with Gasteiger partial charge in [-0.3, -0.25) is 0 Å². The molecule has 0 spiro atoms. The third kappa shape index (κ3) is 3.16. The predicted octanol–water partition coefficient (Wildman–Crippen LogP) is 2.64. The van der Waals surface area contributed by atoms with E-state index in [0.29, 0.717) is 12.5 Å². The zero-order chi connectivity index (χ0) is 12.8. The summed E-state index contributed by atoms with van der Waals surface area (Å²) in [7, 11) is 1.70. The Bertz CT molecular complexity index is 373. The van der Waals surface area contributed by atoms with Crippen LogP contribution in [0.3, 0.4) is 0 Å². The van der Waals surface area contributed by atoms with Gasteiger partial charge in [-0.2, -0.15) is 0 Å². The second-order valence-electron chi connectivity index (χ2n) is 4.80. The molecule has 1 aromatic carbocycles. The van der Waals surface area contributed by atoms with Gasteiger partial charge >= 0.3 is 0 Å². The summed E-state index contributed by atoms with van der Waals surface area (Å²) in [6, 6.07) is 6.17. The maximum atomic E-state index is 5.76. The van der Waals surface area contributed by atoms with Crippen LogP contribution in [0.2, 0.25) is 0 Å². The molecule has 100 valence electrons. The molecule has 3 heteroatoms. The molecule has 0 bridgehead atoms. The van der Waals surface area contributed by atoms with Gasteiger partial charge in [-0.25, -0.2) is 0 Å². The van der Waals surface area contributed by atoms with Gasteiger partial charge in [0.15, 0.2) is 11.5 Å². The molecule has 1 N–H and O–H groups in total. The SMILES string of the molecule is CCOc1c(CC2CCCNC2)cccc1OC. The van der Waals surface area contributed by atoms with E-state index in [1.54, 1.807) is 7.11 Å². The van der Waals surface area contributed by atoms with Crippen molar-refractivity contribution in [3.63, 3.8) is 0 Å². The summed E-state index contributed by atoms with van der Waals surface area (Å²) >= 11 is 0. The molecule has 1 fully saturated rings. The smallest absolute Gasteiger partial charge is 0.164 e. The highest BCUT2D eigenvalue weighted by Gasteiger charge is 2.17. The zero-order valence-electron chi connectivity index (χ0n) is 11.4. The lowest BCUT2D eigenvalue weighted by Gasteiger charge is -2.24. The van der Waals surface area contributed by atoms with E-state index >= 15 is 0 Å². The maximum Gasteiger partial charge on any atom is 0.164 e. The van der Waals surface area contributed by atoms with E-state index in [9.17, 15) is 0 Å². The van der Waals surface area contributed by atoms with Crippen molar-refractivity contribution in [3.8, 4) is 11.5 Å². The molecule has 0 aromatic heterocycles. The first kappa shape index (κ1) is 13.2. The lowest BCUT2D eigenvalue weighted by atomic mass is 9.92. The van der Waals surface area contributed by atoms with Gasteiger partial charge < -0.3 is 14.8 Å². The summed E-state index contributed by atoms with van der Waals surface area (Å²) in [5.74, 6) is 2.48. The number of piperidine rings is 1. The number of ether oxygens (including phenoxy) is 2. The molecule has 1 aromatic rings. The Hall–Kier alpha value is -1.22. The van der Waals surface area contributed by atoms with Crippen molar-refractivity contribution in [1.82, 2.24) is 5.32 Å². The summed E-state index contributed by atoms with van der Waals surface area (Å²) in [6.07, 6.45) is 3.65. The summed E-state index contributed by atoms with van der Waals surface area (Å²) in [5.41, 5.74) is 1.27. The van der Waals surface area contributed by atoms with Gasteiger partial charge in [0.2, 0.25) is 0 Å². The molecule has 3 nitrogen and oxygen atoms in total. The van der Waals surface area contributed by atoms with Crippen LogP contribution in [-0.2, 0) is 6.42 Å². The highest BCUT2D eigenvalue weighted by Crippen LogP contribution is 2.33. The molecule has 1 atom stereocenters. The maximum absolute atomic E-state index is 5.76. The molecule has 1 aliphatic heterocycles. The third-order valence-electron chi connectivity index (χ3n) is 3.48. The first-order valence-corrected chi connectivity index (χ1v) is 6.84. The fourth-order valence-electron chi connectivity index (χ4n) is 2.60. The molecule has 2 rings (SSSR count). The molecule has 1 unspecified atom stereocenters. The van der Waals surface area contributed by atoms with E-state index < -0.39 is 0 Å². The van der Waals surface area contributed by atoms with Gasteiger partial charge in [-0.1, -0.05) is 12.1 Å². The zero-order valence-corrected chi connectivity index (χ0v) is 11.4. The topological polar surface area (TPSA) is 30.5 Å². The average Bonchev–Trinajstić information content (AvgIpc) is 2.42. The molecule has 1 saturated heterocycles. The predicted molar refractivity (Wildman–Crippen MR) is 73.5 cm³/mol. The van der Waals surface area contributed by atoms with Crippen LogP contribution in [0.1, 0.15) is 25.3 Å². The second kappa shape index (κ2) is 6.64. The Balaban J connectivity index is 2.14. The van der Waals surface area contributed by atoms with Gasteiger partial charge in [-0.05, 0) is 56.8 Å². The number of hydrogen-bond donors (Lipinski definition) is 1. The molecule has 1 heterocycles. The van der Waals surface area contributed by atoms with E-state index in [1.807, 2.05) is 19.1 Å². The van der Waals surface area contributed by atoms with Crippen molar-refractivity contribution >= 4 is 0 Å². The molecule has 0 amide bonds. The third-order valence-corrected chi connectivity index (χ3v) is 3.48. The Morgan fingerprint density at radius 1 is 1.39 bits per heavy atom. The van der Waals surface area contributed by atoms with Crippen LogP contribution < -0.4 is 14.8 Å². The molecule has 18 heavy (non-hydrogen) atoms. The van der Waals surface area contributed by atoms with E-state index in [0.717, 1.165) is 31.0 Å². The quantitative estimate of drug-likeness (QED) is 0.870. The van der Waals surface area contributed by atoms with Crippen molar-refractivity contribution < 1.29 is 9.47 Å². The van der Waals surface area contributed by atoms with Crippen LogP contribution in [0.15, 0.2) is 18.2 Å². The van der Waals surface area contributed by atoms with E-state index in [4.69, 9.17) is 9.47 Å². The lowest BCUT2D eigenvalue weighted by Crippen LogP contribution is -2.30. The lowest BCUT2D eigenvalue weighted by molar-refractivity contribution is 0.302. The fraction of sp³-hybridized carbons (Fsp3) is 0.600. The van der Waals surface area contributed by atoms with Crippen molar-refractivity contribution in [2.24, 2.45) is 5.92 Å². The summed E-state index contributed by atoms with van der Waals surface area (Å²) in [6.45, 7) is 4.96. The largest absolute Gasteiger partial charge is 0.493 e. The highest BCUT2D eigenvalue weighted by molar-refractivity contribution is 5.46. The van der Waals surface area contributed by atoms with Crippen LogP contribution in [0, 0.1) is 5.92 Å². The minimum Gasteiger partial charge on any atom is -0.493 e. The number of benzene rings is 1. The molecule has 0 aliphatic carbocycles. The standard InChI is InChI=1S/C15H23NO2/c1-3-18-15-13(7-4-8-14(15)17-2)10-12-6-5-9-16-11-12/h4,7-8,12,16H,3,5-6,9-11H2,1-2H3. The van der Waals surface area contributed by atoms with E-state index in [-0.39, 0.29) is 0 Å². The Morgan fingerprint density at radius 2 is 2.28 bits per heavy atom. The molecule has 0 saturated carbocycles. The number of hydrogen-bond acceptors (Lipinski definition) is 3. The summed E-state index contributed by atoms with van der Waals surface area (Å²) in [5, 5.41) is 3.46. The first-order chi connectivity index (χ1) is 8.85. The van der Waals surface area contributed by atoms with Crippen LogP contribution in [0.5, 0.6) is 11.5 Å². The van der Waals surface area contributed by atoms with Gasteiger partial charge in [0.05, 0.1) is 13.7 Å². The first-order valence-electron chi connectivity index (χ1n) is 6.84.